The molecular weight excluding hydrogens is 711 g/mol. The molecule has 0 aliphatic heterocycles. The molecule has 1 radical (unpaired) electrons. The quantitative estimate of drug-likeness (QED) is 0.0782. The Morgan fingerprint density at radius 2 is 1.45 bits per heavy atom. The van der Waals surface area contributed by atoms with Crippen LogP contribution >= 0.6 is 0 Å². The summed E-state index contributed by atoms with van der Waals surface area (Å²) in [7, 11) is -1.43. The van der Waals surface area contributed by atoms with E-state index in [0.717, 1.165) is 16.8 Å². The van der Waals surface area contributed by atoms with Crippen molar-refractivity contribution in [2.75, 3.05) is 0 Å². The molecule has 217 valence electrons. The average molecular weight is 749 g/mol. The van der Waals surface area contributed by atoms with Crippen molar-refractivity contribution >= 4 is 29.9 Å². The maximum atomic E-state index is 10.5. The fourth-order valence-electron chi connectivity index (χ4n) is 4.50. The third kappa shape index (κ3) is 8.45. The van der Waals surface area contributed by atoms with Crippen molar-refractivity contribution in [1.82, 2.24) is 4.98 Å². The molecule has 1 N–H and O–H groups in total. The van der Waals surface area contributed by atoms with E-state index >= 15 is 0 Å². The standard InChI is InChI=1S/C30H26NSi.C7H12O2.Ir/c1-32(2,3)26-17-18-29-28(20-26)27(23-13-8-5-9-14-23)21-30(31-29)25-16-10-15-24(19-25)22-11-6-4-7-12-22;1-3-6(8)5-7(9)4-2;/h4-15,17-21H,1-3H3;5,8H,3-4H2,1-2H3;/q-1;;/b;6-5-;. The van der Waals surface area contributed by atoms with Crippen LogP contribution in [0.15, 0.2) is 115 Å². The molecule has 0 spiro atoms. The second kappa shape index (κ2) is 15.0. The smallest absolute Gasteiger partial charge is 0.158 e. The van der Waals surface area contributed by atoms with Gasteiger partial charge in [-0.25, -0.2) is 0 Å². The zero-order valence-corrected chi connectivity index (χ0v) is 28.3. The maximum Gasteiger partial charge on any atom is 0.158 e. The van der Waals surface area contributed by atoms with Gasteiger partial charge < -0.3 is 5.11 Å². The minimum atomic E-state index is -1.43. The van der Waals surface area contributed by atoms with Crippen LogP contribution in [-0.4, -0.2) is 23.9 Å². The van der Waals surface area contributed by atoms with E-state index in [-0.39, 0.29) is 31.6 Å². The molecule has 0 aliphatic rings. The van der Waals surface area contributed by atoms with E-state index in [4.69, 9.17) is 10.1 Å². The van der Waals surface area contributed by atoms with Crippen molar-refractivity contribution < 1.29 is 30.0 Å². The number of nitrogens with zero attached hydrogens (tertiary/aromatic N) is 1. The number of hydrogen-bond donors (Lipinski definition) is 1. The van der Waals surface area contributed by atoms with E-state index in [1.807, 2.05) is 12.1 Å². The monoisotopic (exact) mass is 749 g/mol. The van der Waals surface area contributed by atoms with Gasteiger partial charge in [-0.1, -0.05) is 118 Å². The summed E-state index contributed by atoms with van der Waals surface area (Å²) in [4.78, 5) is 15.6. The normalized spacial score (nSPS) is 11.3. The number of aliphatic hydroxyl groups is 1. The topological polar surface area (TPSA) is 50.2 Å². The SMILES string of the molecule is CCC(=O)/C=C(\O)CC.C[Si](C)(C)c1ccc2nc(-c3[c-]ccc(-c4ccccc4)c3)cc(-c3ccccc3)c2c1.[Ir]. The molecular formula is C37H38IrNO2Si-. The van der Waals surface area contributed by atoms with Crippen LogP contribution in [0.1, 0.15) is 26.7 Å². The Morgan fingerprint density at radius 3 is 2.05 bits per heavy atom. The molecule has 5 heteroatoms. The summed E-state index contributed by atoms with van der Waals surface area (Å²) < 4.78 is 0. The number of allylic oxidation sites excluding steroid dienone is 2. The fraction of sp³-hybridized carbons (Fsp3) is 0.189. The van der Waals surface area contributed by atoms with Crippen LogP contribution < -0.4 is 5.19 Å². The van der Waals surface area contributed by atoms with E-state index in [1.165, 1.54) is 38.9 Å². The molecule has 4 aromatic carbocycles. The van der Waals surface area contributed by atoms with Crippen LogP contribution in [-0.2, 0) is 24.9 Å². The van der Waals surface area contributed by atoms with E-state index in [9.17, 15) is 4.79 Å². The minimum absolute atomic E-state index is 0. The van der Waals surface area contributed by atoms with Crippen LogP contribution in [0.3, 0.4) is 0 Å². The summed E-state index contributed by atoms with van der Waals surface area (Å²) in [5.41, 5.74) is 7.82. The fourth-order valence-corrected chi connectivity index (χ4v) is 5.66. The van der Waals surface area contributed by atoms with Gasteiger partial charge in [0.25, 0.3) is 0 Å². The first-order chi connectivity index (χ1) is 19.7. The van der Waals surface area contributed by atoms with Gasteiger partial charge in [-0.3, -0.25) is 9.78 Å². The van der Waals surface area contributed by atoms with Crippen molar-refractivity contribution in [3.8, 4) is 33.5 Å². The Bertz CT molecular complexity index is 1660. The summed E-state index contributed by atoms with van der Waals surface area (Å²) in [6.07, 6.45) is 2.27. The predicted octanol–water partition coefficient (Wildman–Crippen LogP) is 9.40. The second-order valence-electron chi connectivity index (χ2n) is 11.1. The van der Waals surface area contributed by atoms with Crippen LogP contribution in [0.25, 0.3) is 44.4 Å². The van der Waals surface area contributed by atoms with Gasteiger partial charge in [-0.05, 0) is 28.5 Å². The minimum Gasteiger partial charge on any atom is -0.512 e. The molecule has 0 aliphatic carbocycles. The van der Waals surface area contributed by atoms with Crippen molar-refractivity contribution in [3.63, 3.8) is 0 Å². The molecule has 1 heterocycles. The summed E-state index contributed by atoms with van der Waals surface area (Å²) in [5.74, 6) is 0.149. The van der Waals surface area contributed by atoms with Gasteiger partial charge >= 0.3 is 0 Å². The Kier molecular flexibility index (Phi) is 11.8. The van der Waals surface area contributed by atoms with Gasteiger partial charge in [0.15, 0.2) is 5.78 Å². The molecule has 0 bridgehead atoms. The molecule has 5 aromatic rings. The van der Waals surface area contributed by atoms with Crippen LogP contribution in [0.2, 0.25) is 19.6 Å². The molecule has 0 unspecified atom stereocenters. The Morgan fingerprint density at radius 1 is 0.810 bits per heavy atom. The third-order valence-electron chi connectivity index (χ3n) is 6.98. The second-order valence-corrected chi connectivity index (χ2v) is 16.1. The Balaban J connectivity index is 0.000000423. The largest absolute Gasteiger partial charge is 0.512 e. The van der Waals surface area contributed by atoms with Gasteiger partial charge in [0.05, 0.1) is 19.3 Å². The van der Waals surface area contributed by atoms with Gasteiger partial charge in [0.1, 0.15) is 0 Å². The Hall–Kier alpha value is -3.63. The zero-order chi connectivity index (χ0) is 29.4. The summed E-state index contributed by atoms with van der Waals surface area (Å²) >= 11 is 0. The number of carbonyl (C=O) groups is 1. The number of aliphatic hydroxyl groups excluding tert-OH is 1. The molecule has 42 heavy (non-hydrogen) atoms. The van der Waals surface area contributed by atoms with Gasteiger partial charge in [0, 0.05) is 44.4 Å². The maximum absolute atomic E-state index is 10.5. The molecule has 5 rings (SSSR count). The summed E-state index contributed by atoms with van der Waals surface area (Å²) in [5, 5.41) is 11.5. The number of ketones is 1. The van der Waals surface area contributed by atoms with Crippen molar-refractivity contribution in [2.24, 2.45) is 0 Å². The van der Waals surface area contributed by atoms with Crippen molar-refractivity contribution in [3.05, 3.63) is 121 Å². The van der Waals surface area contributed by atoms with Crippen LogP contribution in [0.4, 0.5) is 0 Å². The number of fused-ring (bicyclic) bond motifs is 1. The number of rotatable bonds is 7. The van der Waals surface area contributed by atoms with E-state index in [0.29, 0.717) is 12.8 Å². The Labute approximate surface area is 264 Å². The number of aromatic nitrogens is 1. The first-order valence-corrected chi connectivity index (χ1v) is 17.7. The third-order valence-corrected chi connectivity index (χ3v) is 9.03. The molecule has 0 saturated heterocycles. The molecule has 0 amide bonds. The van der Waals surface area contributed by atoms with Crippen LogP contribution in [0, 0.1) is 6.07 Å². The van der Waals surface area contributed by atoms with E-state index in [2.05, 4.69) is 117 Å². The first-order valence-electron chi connectivity index (χ1n) is 14.2. The summed E-state index contributed by atoms with van der Waals surface area (Å²) in [6.45, 7) is 10.7. The van der Waals surface area contributed by atoms with Gasteiger partial charge in [-0.15, -0.1) is 35.4 Å². The van der Waals surface area contributed by atoms with Gasteiger partial charge in [-0.2, -0.15) is 0 Å². The number of benzene rings is 4. The molecule has 0 atom stereocenters. The molecule has 1 aromatic heterocycles. The number of pyridine rings is 1. The molecule has 0 saturated carbocycles. The predicted molar refractivity (Wildman–Crippen MR) is 176 cm³/mol. The zero-order valence-electron chi connectivity index (χ0n) is 24.9. The summed E-state index contributed by atoms with van der Waals surface area (Å²) in [6, 6.07) is 39.9. The van der Waals surface area contributed by atoms with Crippen molar-refractivity contribution in [2.45, 2.75) is 46.3 Å². The first kappa shape index (κ1) is 32.9. The van der Waals surface area contributed by atoms with Crippen molar-refractivity contribution in [1.29, 1.82) is 0 Å². The molecule has 3 nitrogen and oxygen atoms in total. The molecule has 0 fully saturated rings. The average Bonchev–Trinajstić information content (AvgIpc) is 3.01. The van der Waals surface area contributed by atoms with Gasteiger partial charge in [0.2, 0.25) is 0 Å². The van der Waals surface area contributed by atoms with Crippen LogP contribution in [0.5, 0.6) is 0 Å². The number of carbonyl (C=O) groups excluding carboxylic acids is 1. The van der Waals surface area contributed by atoms with E-state index < -0.39 is 8.07 Å². The van der Waals surface area contributed by atoms with E-state index in [1.54, 1.807) is 13.8 Å². The number of hydrogen-bond acceptors (Lipinski definition) is 3.